The van der Waals surface area contributed by atoms with Crippen molar-refractivity contribution in [3.8, 4) is 0 Å². The van der Waals surface area contributed by atoms with Gasteiger partial charge in [0, 0.05) is 11.9 Å². The van der Waals surface area contributed by atoms with E-state index in [0.717, 1.165) is 22.6 Å². The number of pyridine rings is 1. The quantitative estimate of drug-likeness (QED) is 0.537. The molecule has 1 aromatic carbocycles. The zero-order chi connectivity index (χ0) is 22.4. The van der Waals surface area contributed by atoms with Gasteiger partial charge in [-0.3, -0.25) is 14.5 Å². The second kappa shape index (κ2) is 10.1. The first-order valence-corrected chi connectivity index (χ1v) is 10.3. The molecule has 0 fully saturated rings. The summed E-state index contributed by atoms with van der Waals surface area (Å²) in [6.07, 6.45) is 0.183. The first-order chi connectivity index (χ1) is 14.9. The van der Waals surface area contributed by atoms with Crippen LogP contribution in [0.1, 0.15) is 20.9 Å². The number of esters is 2. The number of hydrogen-bond donors (Lipinski definition) is 1. The van der Waals surface area contributed by atoms with Crippen LogP contribution in [0.4, 0.5) is 5.69 Å². The number of carbonyl (C=O) groups is 3. The maximum atomic E-state index is 12.6. The van der Waals surface area contributed by atoms with Crippen LogP contribution in [0.2, 0.25) is 0 Å². The molecule has 2 heterocycles. The van der Waals surface area contributed by atoms with E-state index in [1.807, 2.05) is 36.4 Å². The molecule has 0 atom stereocenters. The highest BCUT2D eigenvalue weighted by atomic mass is 32.1. The molecule has 0 radical (unpaired) electrons. The summed E-state index contributed by atoms with van der Waals surface area (Å²) in [5, 5.41) is 3.51. The molecule has 8 nitrogen and oxygen atoms in total. The number of anilines is 1. The van der Waals surface area contributed by atoms with E-state index in [1.54, 1.807) is 18.0 Å². The smallest absolute Gasteiger partial charge is 0.350 e. The second-order valence-corrected chi connectivity index (χ2v) is 7.91. The van der Waals surface area contributed by atoms with Gasteiger partial charge in [0.1, 0.15) is 9.71 Å². The van der Waals surface area contributed by atoms with Crippen molar-refractivity contribution in [2.45, 2.75) is 13.0 Å². The SMILES string of the molecule is COC(=O)CN(C)Cc1ccc2c(NC(=O)Cc3ccccc3)c(C(=O)OC)sc2n1. The number of nitrogens with one attached hydrogen (secondary N) is 1. The molecule has 0 unspecified atom stereocenters. The minimum atomic E-state index is -0.539. The number of amides is 1. The largest absolute Gasteiger partial charge is 0.468 e. The third-order valence-electron chi connectivity index (χ3n) is 4.51. The molecule has 0 aliphatic carbocycles. The summed E-state index contributed by atoms with van der Waals surface area (Å²) in [5.41, 5.74) is 1.99. The molecule has 9 heteroatoms. The Morgan fingerprint density at radius 3 is 2.48 bits per heavy atom. The summed E-state index contributed by atoms with van der Waals surface area (Å²) >= 11 is 1.15. The number of aromatic nitrogens is 1. The minimum absolute atomic E-state index is 0.134. The van der Waals surface area contributed by atoms with Gasteiger partial charge in [-0.15, -0.1) is 11.3 Å². The topological polar surface area (TPSA) is 97.8 Å². The van der Waals surface area contributed by atoms with E-state index >= 15 is 0 Å². The van der Waals surface area contributed by atoms with E-state index in [2.05, 4.69) is 15.0 Å². The Morgan fingerprint density at radius 2 is 1.81 bits per heavy atom. The minimum Gasteiger partial charge on any atom is -0.468 e. The molecule has 0 aliphatic heterocycles. The maximum Gasteiger partial charge on any atom is 0.350 e. The van der Waals surface area contributed by atoms with Crippen LogP contribution in [0.5, 0.6) is 0 Å². The Bertz CT molecular complexity index is 1100. The van der Waals surface area contributed by atoms with Crippen molar-refractivity contribution < 1.29 is 23.9 Å². The zero-order valence-electron chi connectivity index (χ0n) is 17.5. The number of nitrogens with zero attached hydrogens (tertiary/aromatic N) is 2. The highest BCUT2D eigenvalue weighted by Crippen LogP contribution is 2.35. The van der Waals surface area contributed by atoms with Gasteiger partial charge < -0.3 is 14.8 Å². The molecule has 3 aromatic rings. The van der Waals surface area contributed by atoms with E-state index in [9.17, 15) is 14.4 Å². The molecule has 162 valence electrons. The lowest BCUT2D eigenvalue weighted by atomic mass is 10.1. The number of methoxy groups -OCH3 is 2. The lowest BCUT2D eigenvalue weighted by Gasteiger charge is -2.14. The van der Waals surface area contributed by atoms with Gasteiger partial charge in [0.2, 0.25) is 5.91 Å². The first kappa shape index (κ1) is 22.4. The molecule has 31 heavy (non-hydrogen) atoms. The van der Waals surface area contributed by atoms with Crippen LogP contribution >= 0.6 is 11.3 Å². The van der Waals surface area contributed by atoms with Crippen molar-refractivity contribution in [3.63, 3.8) is 0 Å². The average Bonchev–Trinajstić information content (AvgIpc) is 3.11. The Morgan fingerprint density at radius 1 is 1.06 bits per heavy atom. The molecule has 0 aliphatic rings. The molecule has 1 N–H and O–H groups in total. The average molecular weight is 442 g/mol. The van der Waals surface area contributed by atoms with Gasteiger partial charge in [-0.25, -0.2) is 9.78 Å². The number of likely N-dealkylation sites (N-methyl/N-ethyl adjacent to an activating group) is 1. The van der Waals surface area contributed by atoms with Crippen molar-refractivity contribution in [3.05, 3.63) is 58.6 Å². The third kappa shape index (κ3) is 5.65. The predicted octanol–water partition coefficient (Wildman–Crippen LogP) is 2.87. The Kier molecular flexibility index (Phi) is 7.32. The molecule has 1 amide bonds. The fraction of sp³-hybridized carbons (Fsp3) is 0.273. The monoisotopic (exact) mass is 441 g/mol. The van der Waals surface area contributed by atoms with Crippen LogP contribution < -0.4 is 5.32 Å². The lowest BCUT2D eigenvalue weighted by molar-refractivity contribution is -0.141. The van der Waals surface area contributed by atoms with Crippen molar-refractivity contribution in [2.75, 3.05) is 33.1 Å². The van der Waals surface area contributed by atoms with Crippen LogP contribution in [0.15, 0.2) is 42.5 Å². The van der Waals surface area contributed by atoms with Crippen LogP contribution in [-0.2, 0) is 32.0 Å². The maximum absolute atomic E-state index is 12.6. The number of carbonyl (C=O) groups excluding carboxylic acids is 3. The first-order valence-electron chi connectivity index (χ1n) is 9.51. The Balaban J connectivity index is 1.86. The van der Waals surface area contributed by atoms with Crippen molar-refractivity contribution in [1.82, 2.24) is 9.88 Å². The van der Waals surface area contributed by atoms with Crippen molar-refractivity contribution in [2.24, 2.45) is 0 Å². The standard InChI is InChI=1S/C22H23N3O5S/c1-25(13-18(27)29-2)12-15-9-10-16-19(20(22(28)30-3)31-21(16)23-15)24-17(26)11-14-7-5-4-6-8-14/h4-10H,11-13H2,1-3H3,(H,24,26). The van der Waals surface area contributed by atoms with Gasteiger partial charge in [0.05, 0.1) is 38.6 Å². The van der Waals surface area contributed by atoms with Gasteiger partial charge >= 0.3 is 11.9 Å². The summed E-state index contributed by atoms with van der Waals surface area (Å²) in [5.74, 6) is -1.11. The molecular formula is C22H23N3O5S. The summed E-state index contributed by atoms with van der Waals surface area (Å²) < 4.78 is 9.57. The van der Waals surface area contributed by atoms with Crippen LogP contribution in [0.3, 0.4) is 0 Å². The summed E-state index contributed by atoms with van der Waals surface area (Å²) in [4.78, 5) is 43.6. The number of rotatable bonds is 8. The molecule has 0 bridgehead atoms. The third-order valence-corrected chi connectivity index (χ3v) is 5.59. The lowest BCUT2D eigenvalue weighted by Crippen LogP contribution is -2.26. The number of hydrogen-bond acceptors (Lipinski definition) is 8. The normalized spacial score (nSPS) is 10.8. The zero-order valence-corrected chi connectivity index (χ0v) is 18.3. The van der Waals surface area contributed by atoms with Crippen LogP contribution in [0, 0.1) is 0 Å². The van der Waals surface area contributed by atoms with Crippen molar-refractivity contribution in [1.29, 1.82) is 0 Å². The van der Waals surface area contributed by atoms with Gasteiger partial charge in [0.15, 0.2) is 0 Å². The Hall–Kier alpha value is -3.30. The molecule has 0 saturated carbocycles. The number of ether oxygens (including phenoxy) is 2. The van der Waals surface area contributed by atoms with Crippen molar-refractivity contribution >= 4 is 45.1 Å². The molecule has 3 rings (SSSR count). The van der Waals surface area contributed by atoms with Crippen LogP contribution in [-0.4, -0.2) is 55.5 Å². The Labute approximate surface area is 183 Å². The number of thiophene rings is 1. The predicted molar refractivity (Wildman–Crippen MR) is 118 cm³/mol. The number of benzene rings is 1. The van der Waals surface area contributed by atoms with Gasteiger partial charge in [0.25, 0.3) is 0 Å². The van der Waals surface area contributed by atoms with E-state index in [1.165, 1.54) is 14.2 Å². The fourth-order valence-electron chi connectivity index (χ4n) is 3.05. The van der Waals surface area contributed by atoms with E-state index in [4.69, 9.17) is 4.74 Å². The molecule has 2 aromatic heterocycles. The van der Waals surface area contributed by atoms with E-state index < -0.39 is 5.97 Å². The van der Waals surface area contributed by atoms with E-state index in [-0.39, 0.29) is 29.7 Å². The van der Waals surface area contributed by atoms with Gasteiger partial charge in [-0.2, -0.15) is 0 Å². The summed E-state index contributed by atoms with van der Waals surface area (Å²) in [7, 11) is 4.42. The highest BCUT2D eigenvalue weighted by Gasteiger charge is 2.22. The van der Waals surface area contributed by atoms with E-state index in [0.29, 0.717) is 22.4 Å². The molecule has 0 spiro atoms. The number of fused-ring (bicyclic) bond motifs is 1. The summed E-state index contributed by atoms with van der Waals surface area (Å²) in [6, 6.07) is 13.0. The second-order valence-electron chi connectivity index (χ2n) is 6.91. The fourth-order valence-corrected chi connectivity index (χ4v) is 4.11. The molecule has 0 saturated heterocycles. The summed E-state index contributed by atoms with van der Waals surface area (Å²) in [6.45, 7) is 0.557. The van der Waals surface area contributed by atoms with Crippen LogP contribution in [0.25, 0.3) is 10.2 Å². The highest BCUT2D eigenvalue weighted by molar-refractivity contribution is 7.21. The van der Waals surface area contributed by atoms with Gasteiger partial charge in [-0.05, 0) is 24.7 Å². The van der Waals surface area contributed by atoms with Gasteiger partial charge in [-0.1, -0.05) is 30.3 Å². The molecular weight excluding hydrogens is 418 g/mol.